The standard InChI is InChI=1S/C15H12ClF3N2O3S/c16-11-4-6-12(7-5-11)21-14(22)9-20-25(23,24)13-3-1-2-10(8-13)15(17,18)19/h1-8,20H,9H2,(H,21,22). The lowest BCUT2D eigenvalue weighted by Gasteiger charge is -2.10. The van der Waals surface area contributed by atoms with E-state index in [1.807, 2.05) is 4.72 Å². The minimum absolute atomic E-state index is 0.396. The van der Waals surface area contributed by atoms with Crippen LogP contribution >= 0.6 is 11.6 Å². The second kappa shape index (κ2) is 7.42. The molecule has 0 aliphatic carbocycles. The number of halogens is 4. The van der Waals surface area contributed by atoms with Crippen molar-refractivity contribution in [1.29, 1.82) is 0 Å². The average molecular weight is 393 g/mol. The third-order valence-corrected chi connectivity index (χ3v) is 4.67. The summed E-state index contributed by atoms with van der Waals surface area (Å²) >= 11 is 5.70. The summed E-state index contributed by atoms with van der Waals surface area (Å²) in [6.07, 6.45) is -4.67. The first-order chi connectivity index (χ1) is 11.6. The number of rotatable bonds is 5. The number of hydrogen-bond acceptors (Lipinski definition) is 3. The predicted octanol–water partition coefficient (Wildman–Crippen LogP) is 3.28. The van der Waals surface area contributed by atoms with Gasteiger partial charge in [-0.1, -0.05) is 17.7 Å². The van der Waals surface area contributed by atoms with Crippen LogP contribution in [0.15, 0.2) is 53.4 Å². The van der Waals surface area contributed by atoms with Crippen molar-refractivity contribution in [3.05, 3.63) is 59.1 Å². The average Bonchev–Trinajstić information content (AvgIpc) is 2.55. The third kappa shape index (κ3) is 5.45. The Morgan fingerprint density at radius 3 is 2.32 bits per heavy atom. The molecule has 0 saturated heterocycles. The van der Waals surface area contributed by atoms with E-state index in [0.29, 0.717) is 16.8 Å². The number of sulfonamides is 1. The predicted molar refractivity (Wildman–Crippen MR) is 86.7 cm³/mol. The molecular formula is C15H12ClF3N2O3S. The van der Waals surface area contributed by atoms with Crippen LogP contribution in [0.2, 0.25) is 5.02 Å². The van der Waals surface area contributed by atoms with Gasteiger partial charge < -0.3 is 5.32 Å². The van der Waals surface area contributed by atoms with Gasteiger partial charge in [0.05, 0.1) is 17.0 Å². The quantitative estimate of drug-likeness (QED) is 0.820. The van der Waals surface area contributed by atoms with Crippen LogP contribution in [-0.4, -0.2) is 20.9 Å². The first-order valence-corrected chi connectivity index (χ1v) is 8.66. The molecule has 0 atom stereocenters. The Kier molecular flexibility index (Phi) is 5.71. The molecule has 25 heavy (non-hydrogen) atoms. The van der Waals surface area contributed by atoms with Gasteiger partial charge in [0.1, 0.15) is 0 Å². The van der Waals surface area contributed by atoms with E-state index in [1.54, 1.807) is 0 Å². The Morgan fingerprint density at radius 2 is 1.72 bits per heavy atom. The number of nitrogens with one attached hydrogen (secondary N) is 2. The van der Waals surface area contributed by atoms with E-state index in [4.69, 9.17) is 11.6 Å². The molecule has 1 amide bonds. The van der Waals surface area contributed by atoms with Gasteiger partial charge in [0.2, 0.25) is 15.9 Å². The van der Waals surface area contributed by atoms with Crippen LogP contribution in [0.5, 0.6) is 0 Å². The fourth-order valence-corrected chi connectivity index (χ4v) is 2.98. The van der Waals surface area contributed by atoms with Gasteiger partial charge in [0.25, 0.3) is 0 Å². The van der Waals surface area contributed by atoms with E-state index < -0.39 is 39.1 Å². The van der Waals surface area contributed by atoms with E-state index in [1.165, 1.54) is 24.3 Å². The molecule has 0 spiro atoms. The van der Waals surface area contributed by atoms with Crippen molar-refractivity contribution >= 4 is 33.2 Å². The molecule has 0 aromatic heterocycles. The fourth-order valence-electron chi connectivity index (χ4n) is 1.82. The lowest BCUT2D eigenvalue weighted by molar-refractivity contribution is -0.137. The van der Waals surface area contributed by atoms with Crippen molar-refractivity contribution in [2.24, 2.45) is 0 Å². The Bertz CT molecular complexity index is 868. The Labute approximate surface area is 146 Å². The Hall–Kier alpha value is -2.10. The van der Waals surface area contributed by atoms with E-state index in [2.05, 4.69) is 5.32 Å². The van der Waals surface area contributed by atoms with E-state index in [0.717, 1.165) is 18.2 Å². The van der Waals surface area contributed by atoms with Crippen LogP contribution < -0.4 is 10.0 Å². The molecule has 2 N–H and O–H groups in total. The van der Waals surface area contributed by atoms with Crippen LogP contribution in [0, 0.1) is 0 Å². The van der Waals surface area contributed by atoms with Gasteiger partial charge in [-0.2, -0.15) is 13.2 Å². The fraction of sp³-hybridized carbons (Fsp3) is 0.133. The van der Waals surface area contributed by atoms with E-state index in [9.17, 15) is 26.4 Å². The summed E-state index contributed by atoms with van der Waals surface area (Å²) in [6.45, 7) is -0.638. The van der Waals surface area contributed by atoms with Crippen molar-refractivity contribution in [3.8, 4) is 0 Å². The number of amides is 1. The maximum absolute atomic E-state index is 12.7. The van der Waals surface area contributed by atoms with Crippen LogP contribution in [0.3, 0.4) is 0 Å². The molecule has 0 bridgehead atoms. The molecular weight excluding hydrogens is 381 g/mol. The normalized spacial score (nSPS) is 12.0. The molecule has 0 heterocycles. The minimum Gasteiger partial charge on any atom is -0.325 e. The summed E-state index contributed by atoms with van der Waals surface area (Å²) < 4.78 is 64.0. The first-order valence-electron chi connectivity index (χ1n) is 6.80. The smallest absolute Gasteiger partial charge is 0.325 e. The third-order valence-electron chi connectivity index (χ3n) is 3.02. The van der Waals surface area contributed by atoms with Gasteiger partial charge in [-0.25, -0.2) is 13.1 Å². The molecule has 2 rings (SSSR count). The van der Waals surface area contributed by atoms with Gasteiger partial charge in [-0.15, -0.1) is 0 Å². The summed E-state index contributed by atoms with van der Waals surface area (Å²) in [6, 6.07) is 9.34. The van der Waals surface area contributed by atoms with Gasteiger partial charge in [0, 0.05) is 10.7 Å². The number of anilines is 1. The molecule has 2 aromatic rings. The molecule has 0 unspecified atom stereocenters. The number of carbonyl (C=O) groups excluding carboxylic acids is 1. The van der Waals surface area contributed by atoms with Gasteiger partial charge in [0.15, 0.2) is 0 Å². The molecule has 10 heteroatoms. The van der Waals surface area contributed by atoms with Crippen molar-refractivity contribution < 1.29 is 26.4 Å². The lowest BCUT2D eigenvalue weighted by Crippen LogP contribution is -2.33. The van der Waals surface area contributed by atoms with Gasteiger partial charge >= 0.3 is 6.18 Å². The molecule has 134 valence electrons. The number of hydrogen-bond donors (Lipinski definition) is 2. The number of alkyl halides is 3. The molecule has 0 radical (unpaired) electrons. The first kappa shape index (κ1) is 19.2. The molecule has 0 fully saturated rings. The highest BCUT2D eigenvalue weighted by atomic mass is 35.5. The van der Waals surface area contributed by atoms with Crippen LogP contribution in [0.4, 0.5) is 18.9 Å². The summed E-state index contributed by atoms with van der Waals surface area (Å²) in [4.78, 5) is 11.2. The monoisotopic (exact) mass is 392 g/mol. The Balaban J connectivity index is 2.04. The second-order valence-corrected chi connectivity index (χ2v) is 7.11. The Morgan fingerprint density at radius 1 is 1.08 bits per heavy atom. The van der Waals surface area contributed by atoms with Crippen LogP contribution in [0.1, 0.15) is 5.56 Å². The SMILES string of the molecule is O=C(CNS(=O)(=O)c1cccc(C(F)(F)F)c1)Nc1ccc(Cl)cc1. The maximum atomic E-state index is 12.7. The molecule has 0 aliphatic rings. The summed E-state index contributed by atoms with van der Waals surface area (Å²) in [5, 5.41) is 2.89. The van der Waals surface area contributed by atoms with Crippen molar-refractivity contribution in [2.45, 2.75) is 11.1 Å². The van der Waals surface area contributed by atoms with Crippen LogP contribution in [-0.2, 0) is 21.0 Å². The molecule has 2 aromatic carbocycles. The lowest BCUT2D eigenvalue weighted by atomic mass is 10.2. The highest BCUT2D eigenvalue weighted by Crippen LogP contribution is 2.30. The van der Waals surface area contributed by atoms with Gasteiger partial charge in [-0.05, 0) is 42.5 Å². The summed E-state index contributed by atoms with van der Waals surface area (Å²) in [5.41, 5.74) is -0.700. The van der Waals surface area contributed by atoms with Crippen molar-refractivity contribution in [1.82, 2.24) is 4.72 Å². The summed E-state index contributed by atoms with van der Waals surface area (Å²) in [7, 11) is -4.27. The minimum atomic E-state index is -4.67. The second-order valence-electron chi connectivity index (χ2n) is 4.91. The highest BCUT2D eigenvalue weighted by molar-refractivity contribution is 7.89. The number of carbonyl (C=O) groups is 1. The maximum Gasteiger partial charge on any atom is 0.416 e. The highest BCUT2D eigenvalue weighted by Gasteiger charge is 2.31. The van der Waals surface area contributed by atoms with Crippen molar-refractivity contribution in [2.75, 3.05) is 11.9 Å². The topological polar surface area (TPSA) is 75.3 Å². The van der Waals surface area contributed by atoms with E-state index in [-0.39, 0.29) is 0 Å². The molecule has 0 aliphatic heterocycles. The molecule has 5 nitrogen and oxygen atoms in total. The zero-order chi connectivity index (χ0) is 18.7. The van der Waals surface area contributed by atoms with Crippen LogP contribution in [0.25, 0.3) is 0 Å². The zero-order valence-corrected chi connectivity index (χ0v) is 14.0. The largest absolute Gasteiger partial charge is 0.416 e. The van der Waals surface area contributed by atoms with Crippen molar-refractivity contribution in [3.63, 3.8) is 0 Å². The van der Waals surface area contributed by atoms with Gasteiger partial charge in [-0.3, -0.25) is 4.79 Å². The van der Waals surface area contributed by atoms with E-state index >= 15 is 0 Å². The summed E-state index contributed by atoms with van der Waals surface area (Å²) in [5.74, 6) is -0.683. The zero-order valence-electron chi connectivity index (χ0n) is 12.5. The number of benzene rings is 2. The molecule has 0 saturated carbocycles.